The molecule has 1 aromatic heterocycles. The van der Waals surface area contributed by atoms with Crippen LogP contribution in [0.25, 0.3) is 11.1 Å². The predicted octanol–water partition coefficient (Wildman–Crippen LogP) is 3.77. The van der Waals surface area contributed by atoms with Crippen LogP contribution in [0.1, 0.15) is 25.5 Å². The van der Waals surface area contributed by atoms with Gasteiger partial charge in [-0.05, 0) is 35.8 Å². The monoisotopic (exact) mass is 289 g/mol. The van der Waals surface area contributed by atoms with Crippen molar-refractivity contribution in [3.8, 4) is 17.2 Å². The van der Waals surface area contributed by atoms with E-state index in [1.807, 2.05) is 29.1 Å². The lowest BCUT2D eigenvalue weighted by molar-refractivity contribution is 0.532. The van der Waals surface area contributed by atoms with Crippen molar-refractivity contribution in [3.63, 3.8) is 0 Å². The minimum absolute atomic E-state index is 0.321. The number of halogens is 1. The highest BCUT2D eigenvalue weighted by Crippen LogP contribution is 2.28. The van der Waals surface area contributed by atoms with Crippen LogP contribution in [0.2, 0.25) is 0 Å². The van der Waals surface area contributed by atoms with E-state index in [1.54, 1.807) is 6.20 Å². The highest BCUT2D eigenvalue weighted by Gasteiger charge is 2.10. The van der Waals surface area contributed by atoms with Crippen LogP contribution in [0.3, 0.4) is 0 Å². The molecule has 0 N–H and O–H groups in total. The molecule has 0 radical (unpaired) electrons. The maximum absolute atomic E-state index is 9.17. The second-order valence-corrected chi connectivity index (χ2v) is 4.93. The van der Waals surface area contributed by atoms with Crippen molar-refractivity contribution in [2.24, 2.45) is 0 Å². The number of hydrogen-bond donors (Lipinski definition) is 0. The van der Waals surface area contributed by atoms with Crippen molar-refractivity contribution < 1.29 is 0 Å². The molecule has 3 nitrogen and oxygen atoms in total. The Labute approximate surface area is 109 Å². The average molecular weight is 290 g/mol. The molecule has 0 aliphatic rings. The minimum Gasteiger partial charge on any atom is -0.270 e. The van der Waals surface area contributed by atoms with Gasteiger partial charge in [0.1, 0.15) is 6.07 Å². The molecule has 0 spiro atoms. The first-order chi connectivity index (χ1) is 8.13. The lowest BCUT2D eigenvalue weighted by Gasteiger charge is -2.04. The van der Waals surface area contributed by atoms with E-state index in [0.29, 0.717) is 11.6 Å². The van der Waals surface area contributed by atoms with E-state index in [-0.39, 0.29) is 0 Å². The first-order valence-electron chi connectivity index (χ1n) is 5.36. The molecule has 17 heavy (non-hydrogen) atoms. The Morgan fingerprint density at radius 1 is 1.41 bits per heavy atom. The molecular weight excluding hydrogens is 278 g/mol. The topological polar surface area (TPSA) is 41.6 Å². The summed E-state index contributed by atoms with van der Waals surface area (Å²) in [6, 6.07) is 8.27. The Balaban J connectivity index is 2.53. The average Bonchev–Trinajstić information content (AvgIpc) is 2.77. The van der Waals surface area contributed by atoms with Crippen molar-refractivity contribution in [1.82, 2.24) is 9.78 Å². The Morgan fingerprint density at radius 2 is 2.18 bits per heavy atom. The predicted molar refractivity (Wildman–Crippen MR) is 70.5 cm³/mol. The van der Waals surface area contributed by atoms with Crippen LogP contribution in [0.4, 0.5) is 0 Å². The number of hydrogen-bond acceptors (Lipinski definition) is 2. The Bertz CT molecular complexity index is 579. The second-order valence-electron chi connectivity index (χ2n) is 4.08. The summed E-state index contributed by atoms with van der Waals surface area (Å²) >= 11 is 3.39. The first kappa shape index (κ1) is 11.9. The van der Waals surface area contributed by atoms with Gasteiger partial charge in [-0.15, -0.1) is 0 Å². The summed E-state index contributed by atoms with van der Waals surface area (Å²) in [7, 11) is 0. The molecule has 0 fully saturated rings. The Kier molecular flexibility index (Phi) is 3.30. The van der Waals surface area contributed by atoms with E-state index in [2.05, 4.69) is 40.9 Å². The lowest BCUT2D eigenvalue weighted by atomic mass is 10.0. The standard InChI is InChI=1S/C13H12BrN3/c1-9(2)17-8-10(7-16-17)11-4-3-5-13(14)12(11)6-15/h3-5,7-9H,1-2H3. The van der Waals surface area contributed by atoms with Crippen LogP contribution in [-0.4, -0.2) is 9.78 Å². The van der Waals surface area contributed by atoms with Gasteiger partial charge in [-0.2, -0.15) is 10.4 Å². The van der Waals surface area contributed by atoms with E-state index >= 15 is 0 Å². The van der Waals surface area contributed by atoms with E-state index in [1.165, 1.54) is 0 Å². The van der Waals surface area contributed by atoms with Gasteiger partial charge in [-0.3, -0.25) is 4.68 Å². The molecular formula is C13H12BrN3. The van der Waals surface area contributed by atoms with Crippen LogP contribution in [0, 0.1) is 11.3 Å². The van der Waals surface area contributed by atoms with Crippen molar-refractivity contribution >= 4 is 15.9 Å². The summed E-state index contributed by atoms with van der Waals surface area (Å²) < 4.78 is 2.70. The summed E-state index contributed by atoms with van der Waals surface area (Å²) in [6.45, 7) is 4.14. The molecule has 2 aromatic rings. The molecule has 0 aliphatic heterocycles. The summed E-state index contributed by atoms with van der Waals surface area (Å²) in [5.74, 6) is 0. The molecule has 0 atom stereocenters. The van der Waals surface area contributed by atoms with Gasteiger partial charge >= 0.3 is 0 Å². The van der Waals surface area contributed by atoms with Crippen LogP contribution in [0.15, 0.2) is 35.1 Å². The van der Waals surface area contributed by atoms with Crippen molar-refractivity contribution in [3.05, 3.63) is 40.6 Å². The van der Waals surface area contributed by atoms with Crippen molar-refractivity contribution in [2.75, 3.05) is 0 Å². The van der Waals surface area contributed by atoms with Gasteiger partial charge in [0.25, 0.3) is 0 Å². The molecule has 1 aromatic carbocycles. The van der Waals surface area contributed by atoms with Gasteiger partial charge < -0.3 is 0 Å². The lowest BCUT2D eigenvalue weighted by Crippen LogP contribution is -1.99. The minimum atomic E-state index is 0.321. The third-order valence-electron chi connectivity index (χ3n) is 2.57. The molecule has 0 unspecified atom stereocenters. The number of aromatic nitrogens is 2. The van der Waals surface area contributed by atoms with Crippen LogP contribution < -0.4 is 0 Å². The quantitative estimate of drug-likeness (QED) is 0.845. The van der Waals surface area contributed by atoms with Gasteiger partial charge in [0.05, 0.1) is 11.8 Å². The normalized spacial score (nSPS) is 10.5. The maximum Gasteiger partial charge on any atom is 0.101 e. The molecule has 0 aliphatic carbocycles. The zero-order valence-corrected chi connectivity index (χ0v) is 11.3. The Hall–Kier alpha value is -1.60. The third-order valence-corrected chi connectivity index (χ3v) is 3.23. The van der Waals surface area contributed by atoms with Gasteiger partial charge in [-0.25, -0.2) is 0 Å². The first-order valence-corrected chi connectivity index (χ1v) is 6.16. The molecule has 0 saturated heterocycles. The van der Waals surface area contributed by atoms with E-state index in [9.17, 15) is 0 Å². The molecule has 86 valence electrons. The van der Waals surface area contributed by atoms with Gasteiger partial charge in [0, 0.05) is 27.8 Å². The molecule has 1 heterocycles. The summed E-state index contributed by atoms with van der Waals surface area (Å²) in [5.41, 5.74) is 2.53. The molecule has 2 rings (SSSR count). The summed E-state index contributed by atoms with van der Waals surface area (Å²) in [6.07, 6.45) is 3.76. The molecule has 0 bridgehead atoms. The van der Waals surface area contributed by atoms with E-state index in [0.717, 1.165) is 15.6 Å². The number of benzene rings is 1. The molecule has 0 saturated carbocycles. The SMILES string of the molecule is CC(C)n1cc(-c2cccc(Br)c2C#N)cn1. The zero-order chi connectivity index (χ0) is 12.4. The van der Waals surface area contributed by atoms with Gasteiger partial charge in [-0.1, -0.05) is 12.1 Å². The number of nitriles is 1. The second kappa shape index (κ2) is 4.72. The van der Waals surface area contributed by atoms with Gasteiger partial charge in [0.15, 0.2) is 0 Å². The van der Waals surface area contributed by atoms with Crippen LogP contribution >= 0.6 is 15.9 Å². The van der Waals surface area contributed by atoms with E-state index in [4.69, 9.17) is 5.26 Å². The number of rotatable bonds is 2. The van der Waals surface area contributed by atoms with Crippen molar-refractivity contribution in [1.29, 1.82) is 5.26 Å². The fourth-order valence-corrected chi connectivity index (χ4v) is 2.09. The van der Waals surface area contributed by atoms with E-state index < -0.39 is 0 Å². The smallest absolute Gasteiger partial charge is 0.101 e. The maximum atomic E-state index is 9.17. The highest BCUT2D eigenvalue weighted by molar-refractivity contribution is 9.10. The van der Waals surface area contributed by atoms with Crippen molar-refractivity contribution in [2.45, 2.75) is 19.9 Å². The largest absolute Gasteiger partial charge is 0.270 e. The summed E-state index contributed by atoms with van der Waals surface area (Å²) in [4.78, 5) is 0. The Morgan fingerprint density at radius 3 is 2.76 bits per heavy atom. The summed E-state index contributed by atoms with van der Waals surface area (Å²) in [5, 5.41) is 13.5. The third kappa shape index (κ3) is 2.25. The fraction of sp³-hybridized carbons (Fsp3) is 0.231. The number of nitrogens with zero attached hydrogens (tertiary/aromatic N) is 3. The molecule has 4 heteroatoms. The van der Waals surface area contributed by atoms with Gasteiger partial charge in [0.2, 0.25) is 0 Å². The highest BCUT2D eigenvalue weighted by atomic mass is 79.9. The molecule has 0 amide bonds. The fourth-order valence-electron chi connectivity index (χ4n) is 1.64. The van der Waals surface area contributed by atoms with Crippen LogP contribution in [0.5, 0.6) is 0 Å². The van der Waals surface area contributed by atoms with Crippen LogP contribution in [-0.2, 0) is 0 Å². The zero-order valence-electron chi connectivity index (χ0n) is 9.68.